The summed E-state index contributed by atoms with van der Waals surface area (Å²) in [4.78, 5) is 13.3. The lowest BCUT2D eigenvalue weighted by Crippen LogP contribution is -2.49. The third kappa shape index (κ3) is 4.30. The molecular formula is C27H27F2NO4. The van der Waals surface area contributed by atoms with Crippen LogP contribution in [0.5, 0.6) is 11.5 Å². The molecule has 1 heterocycles. The molecule has 1 aliphatic heterocycles. The van der Waals surface area contributed by atoms with Crippen LogP contribution in [0.1, 0.15) is 75.6 Å². The van der Waals surface area contributed by atoms with Gasteiger partial charge < -0.3 is 14.6 Å². The van der Waals surface area contributed by atoms with Gasteiger partial charge in [0.2, 0.25) is 0 Å². The van der Waals surface area contributed by atoms with Crippen LogP contribution in [0, 0.1) is 11.3 Å². The van der Waals surface area contributed by atoms with Crippen molar-refractivity contribution in [2.75, 3.05) is 0 Å². The number of hydrogen-bond donors (Lipinski definition) is 1. The van der Waals surface area contributed by atoms with Gasteiger partial charge in [0.25, 0.3) is 5.92 Å². The highest BCUT2D eigenvalue weighted by Crippen LogP contribution is 2.48. The summed E-state index contributed by atoms with van der Waals surface area (Å²) in [5, 5.41) is 20.3. The van der Waals surface area contributed by atoms with E-state index >= 15 is 0 Å². The molecule has 2 aromatic carbocycles. The summed E-state index contributed by atoms with van der Waals surface area (Å²) in [7, 11) is 0. The molecule has 1 fully saturated rings. The zero-order chi connectivity index (χ0) is 25.1. The number of halogens is 2. The fraction of sp³-hybridized carbons (Fsp3) is 0.407. The number of benzene rings is 2. The van der Waals surface area contributed by atoms with Crippen molar-refractivity contribution < 1.29 is 28.2 Å². The lowest BCUT2D eigenvalue weighted by Gasteiger charge is -2.40. The number of aliphatic hydroxyl groups is 1. The molecule has 0 radical (unpaired) electrons. The van der Waals surface area contributed by atoms with Gasteiger partial charge in [-0.15, -0.1) is 0 Å². The van der Waals surface area contributed by atoms with E-state index in [-0.39, 0.29) is 39.9 Å². The van der Waals surface area contributed by atoms with E-state index in [9.17, 15) is 23.9 Å². The van der Waals surface area contributed by atoms with Crippen molar-refractivity contribution in [2.24, 2.45) is 0 Å². The molecule has 7 heteroatoms. The van der Waals surface area contributed by atoms with Crippen molar-refractivity contribution >= 4 is 11.4 Å². The van der Waals surface area contributed by atoms with E-state index in [2.05, 4.69) is 0 Å². The van der Waals surface area contributed by atoms with Crippen molar-refractivity contribution in [1.82, 2.24) is 0 Å². The van der Waals surface area contributed by atoms with E-state index in [1.807, 2.05) is 6.07 Å². The Bertz CT molecular complexity index is 1240. The van der Waals surface area contributed by atoms with Gasteiger partial charge in [-0.1, -0.05) is 6.07 Å². The number of Topliss-reactive ketones (excluding diaryl/α,β-unsaturated/α-hetero) is 1. The normalized spacial score (nSPS) is 19.6. The summed E-state index contributed by atoms with van der Waals surface area (Å²) < 4.78 is 39.3. The van der Waals surface area contributed by atoms with Crippen LogP contribution in [0.4, 0.5) is 8.78 Å². The zero-order valence-corrected chi connectivity index (χ0v) is 19.8. The standard InChI is InChI=1S/C27H27F2NO4/c1-25(2)23(31)22(24(32)26(3,4)34-25)20-13-18(8-10-19(20)15-6-7-15)33-17-9-11-21(27(5,28)29)16(12-17)14-30/h8-13,15,31H,6-7H2,1-5H3. The molecule has 2 aromatic rings. The molecule has 0 atom stereocenters. The fourth-order valence-electron chi connectivity index (χ4n) is 4.46. The molecule has 0 unspecified atom stereocenters. The van der Waals surface area contributed by atoms with Gasteiger partial charge in [0.1, 0.15) is 28.5 Å². The second-order valence-electron chi connectivity index (χ2n) is 10.0. The number of hydrogen-bond acceptors (Lipinski definition) is 5. The molecule has 5 nitrogen and oxygen atoms in total. The van der Waals surface area contributed by atoms with Crippen LogP contribution < -0.4 is 4.74 Å². The van der Waals surface area contributed by atoms with Crippen LogP contribution in [-0.4, -0.2) is 22.1 Å². The first-order chi connectivity index (χ1) is 15.7. The number of nitriles is 1. The number of carbonyl (C=O) groups is 1. The topological polar surface area (TPSA) is 79.5 Å². The van der Waals surface area contributed by atoms with Gasteiger partial charge in [0.05, 0.1) is 17.2 Å². The summed E-state index contributed by atoms with van der Waals surface area (Å²) in [6, 6.07) is 10.9. The number of carbonyl (C=O) groups excluding carboxylic acids is 1. The predicted octanol–water partition coefficient (Wildman–Crippen LogP) is 6.77. The van der Waals surface area contributed by atoms with Gasteiger partial charge in [0.15, 0.2) is 5.78 Å². The average Bonchev–Trinajstić information content (AvgIpc) is 3.57. The third-order valence-corrected chi connectivity index (χ3v) is 6.22. The number of aliphatic hydroxyl groups excluding tert-OH is 1. The van der Waals surface area contributed by atoms with Crippen LogP contribution in [-0.2, 0) is 15.5 Å². The van der Waals surface area contributed by atoms with Crippen LogP contribution in [0.2, 0.25) is 0 Å². The van der Waals surface area contributed by atoms with E-state index < -0.39 is 17.1 Å². The number of alkyl halides is 2. The molecule has 1 saturated carbocycles. The van der Waals surface area contributed by atoms with E-state index in [1.165, 1.54) is 18.2 Å². The number of rotatable bonds is 5. The zero-order valence-electron chi connectivity index (χ0n) is 19.8. The SMILES string of the molecule is CC1(C)OC(C)(C)C(O)=C(c2cc(Oc3ccc(C(C)(F)F)c(C#N)c3)ccc2C2CC2)C1=O. The Morgan fingerprint density at radius 1 is 1.09 bits per heavy atom. The number of ether oxygens (including phenoxy) is 2. The van der Waals surface area contributed by atoms with Gasteiger partial charge in [-0.05, 0) is 87.9 Å². The third-order valence-electron chi connectivity index (χ3n) is 6.22. The second-order valence-corrected chi connectivity index (χ2v) is 10.0. The van der Waals surface area contributed by atoms with Crippen LogP contribution in [0.25, 0.3) is 5.57 Å². The fourth-order valence-corrected chi connectivity index (χ4v) is 4.46. The maximum Gasteiger partial charge on any atom is 0.271 e. The van der Waals surface area contributed by atoms with E-state index in [0.29, 0.717) is 11.3 Å². The Hall–Kier alpha value is -3.24. The highest BCUT2D eigenvalue weighted by atomic mass is 19.3. The highest BCUT2D eigenvalue weighted by Gasteiger charge is 2.48. The van der Waals surface area contributed by atoms with Crippen molar-refractivity contribution in [3.8, 4) is 17.6 Å². The highest BCUT2D eigenvalue weighted by molar-refractivity contribution is 6.26. The predicted molar refractivity (Wildman–Crippen MR) is 123 cm³/mol. The maximum atomic E-state index is 13.8. The minimum atomic E-state index is -3.16. The molecular weight excluding hydrogens is 440 g/mol. The summed E-state index contributed by atoms with van der Waals surface area (Å²) in [5.41, 5.74) is -1.03. The first-order valence-electron chi connectivity index (χ1n) is 11.2. The first kappa shape index (κ1) is 23.9. The smallest absolute Gasteiger partial charge is 0.271 e. The molecule has 0 spiro atoms. The quantitative estimate of drug-likeness (QED) is 0.525. The Labute approximate surface area is 197 Å². The van der Waals surface area contributed by atoms with Crippen LogP contribution >= 0.6 is 0 Å². The van der Waals surface area contributed by atoms with Crippen molar-refractivity contribution in [2.45, 2.75) is 70.5 Å². The Morgan fingerprint density at radius 2 is 1.71 bits per heavy atom. The molecule has 0 saturated heterocycles. The Balaban J connectivity index is 1.79. The van der Waals surface area contributed by atoms with Crippen LogP contribution in [0.15, 0.2) is 42.2 Å². The lowest BCUT2D eigenvalue weighted by molar-refractivity contribution is -0.158. The molecule has 1 N–H and O–H groups in total. The molecule has 2 aliphatic rings. The molecule has 178 valence electrons. The van der Waals surface area contributed by atoms with E-state index in [1.54, 1.807) is 45.9 Å². The molecule has 4 rings (SSSR count). The van der Waals surface area contributed by atoms with E-state index in [0.717, 1.165) is 25.3 Å². The largest absolute Gasteiger partial charge is 0.508 e. The number of ketones is 1. The molecule has 0 bridgehead atoms. The summed E-state index contributed by atoms with van der Waals surface area (Å²) in [5.74, 6) is -2.78. The molecule has 34 heavy (non-hydrogen) atoms. The molecule has 0 aromatic heterocycles. The molecule has 0 amide bonds. The second kappa shape index (κ2) is 7.92. The monoisotopic (exact) mass is 467 g/mol. The Kier molecular flexibility index (Phi) is 5.57. The van der Waals surface area contributed by atoms with Crippen molar-refractivity contribution in [1.29, 1.82) is 5.26 Å². The van der Waals surface area contributed by atoms with Gasteiger partial charge in [0, 0.05) is 12.5 Å². The molecule has 1 aliphatic carbocycles. The Morgan fingerprint density at radius 3 is 2.29 bits per heavy atom. The van der Waals surface area contributed by atoms with Crippen molar-refractivity contribution in [3.63, 3.8) is 0 Å². The number of nitrogens with zero attached hydrogens (tertiary/aromatic N) is 1. The summed E-state index contributed by atoms with van der Waals surface area (Å²) in [6.07, 6.45) is 1.97. The van der Waals surface area contributed by atoms with Crippen molar-refractivity contribution in [3.05, 3.63) is 64.4 Å². The summed E-state index contributed by atoms with van der Waals surface area (Å²) in [6.45, 7) is 7.51. The lowest BCUT2D eigenvalue weighted by atomic mass is 9.81. The van der Waals surface area contributed by atoms with Gasteiger partial charge >= 0.3 is 0 Å². The van der Waals surface area contributed by atoms with Gasteiger partial charge in [-0.3, -0.25) is 4.79 Å². The van der Waals surface area contributed by atoms with E-state index in [4.69, 9.17) is 9.47 Å². The average molecular weight is 468 g/mol. The first-order valence-corrected chi connectivity index (χ1v) is 11.2. The minimum absolute atomic E-state index is 0.142. The van der Waals surface area contributed by atoms with Gasteiger partial charge in [-0.2, -0.15) is 5.26 Å². The summed E-state index contributed by atoms with van der Waals surface area (Å²) >= 11 is 0. The van der Waals surface area contributed by atoms with Crippen LogP contribution in [0.3, 0.4) is 0 Å². The minimum Gasteiger partial charge on any atom is -0.508 e. The van der Waals surface area contributed by atoms with Gasteiger partial charge in [-0.25, -0.2) is 8.78 Å². The maximum absolute atomic E-state index is 13.8.